The van der Waals surface area contributed by atoms with E-state index in [9.17, 15) is 0 Å². The Hall–Kier alpha value is -2.46. The van der Waals surface area contributed by atoms with Crippen molar-refractivity contribution in [2.24, 2.45) is 0 Å². The van der Waals surface area contributed by atoms with Crippen LogP contribution in [0.1, 0.15) is 55.4 Å². The van der Waals surface area contributed by atoms with Gasteiger partial charge in [-0.25, -0.2) is 23.1 Å². The topological polar surface area (TPSA) is 42.9 Å². The van der Waals surface area contributed by atoms with Gasteiger partial charge in [0.1, 0.15) is 26.4 Å². The van der Waals surface area contributed by atoms with Crippen LogP contribution in [0.5, 0.6) is 0 Å². The Kier molecular flexibility index (Phi) is 9.25. The van der Waals surface area contributed by atoms with Gasteiger partial charge in [-0.05, 0) is 89.3 Å². The minimum atomic E-state index is -1.03. The molecule has 8 heteroatoms. The molecule has 252 valence electrons. The molecular formula is C38H60N4O4+4. The first-order valence-electron chi connectivity index (χ1n) is 17.0. The molecule has 0 amide bonds. The molecule has 0 N–H and O–H groups in total. The quantitative estimate of drug-likeness (QED) is 0.249. The maximum Gasteiger partial charge on any atom is 0.478 e. The zero-order chi connectivity index (χ0) is 33.9. The Morgan fingerprint density at radius 2 is 1.17 bits per heavy atom. The molecule has 1 atom stereocenters. The summed E-state index contributed by atoms with van der Waals surface area (Å²) >= 11 is 0. The third-order valence-corrected chi connectivity index (χ3v) is 10.0. The van der Waals surface area contributed by atoms with Gasteiger partial charge in [0.2, 0.25) is 11.4 Å². The fourth-order valence-electron chi connectivity index (χ4n) is 8.27. The van der Waals surface area contributed by atoms with Crippen LogP contribution in [0.15, 0.2) is 69.5 Å². The van der Waals surface area contributed by atoms with Crippen molar-refractivity contribution in [3.05, 3.63) is 69.5 Å². The predicted molar refractivity (Wildman–Crippen MR) is 185 cm³/mol. The molecule has 0 aromatic rings. The second-order valence-electron chi connectivity index (χ2n) is 16.0. The number of rotatable bonds is 4. The molecule has 2 aliphatic carbocycles. The molecule has 0 aromatic carbocycles. The molecular weight excluding hydrogens is 576 g/mol. The monoisotopic (exact) mass is 636 g/mol. The van der Waals surface area contributed by atoms with Gasteiger partial charge >= 0.3 is 6.03 Å². The molecule has 0 bridgehead atoms. The number of likely N-dealkylation sites (N-methyl/N-ethyl adjacent to an activating group) is 1. The third kappa shape index (κ3) is 6.25. The van der Waals surface area contributed by atoms with E-state index in [4.69, 9.17) is 18.9 Å². The van der Waals surface area contributed by atoms with E-state index in [1.807, 2.05) is 0 Å². The van der Waals surface area contributed by atoms with Gasteiger partial charge in [-0.15, -0.1) is 0 Å². The van der Waals surface area contributed by atoms with E-state index in [1.54, 1.807) is 0 Å². The minimum Gasteiger partial charge on any atom is -0.368 e. The van der Waals surface area contributed by atoms with Crippen molar-refractivity contribution in [2.75, 3.05) is 87.8 Å². The summed E-state index contributed by atoms with van der Waals surface area (Å²) < 4.78 is 31.7. The highest BCUT2D eigenvalue weighted by atomic mass is 16.8. The van der Waals surface area contributed by atoms with Gasteiger partial charge in [-0.3, -0.25) is 0 Å². The van der Waals surface area contributed by atoms with Crippen LogP contribution in [0.2, 0.25) is 0 Å². The normalized spacial score (nSPS) is 27.5. The van der Waals surface area contributed by atoms with Crippen molar-refractivity contribution in [3.63, 3.8) is 0 Å². The first-order valence-corrected chi connectivity index (χ1v) is 17.0. The summed E-state index contributed by atoms with van der Waals surface area (Å²) in [7, 11) is 11.1. The molecule has 3 aliphatic heterocycles. The van der Waals surface area contributed by atoms with E-state index in [0.717, 1.165) is 52.6 Å². The lowest BCUT2D eigenvalue weighted by atomic mass is 9.86. The highest BCUT2D eigenvalue weighted by Gasteiger charge is 2.74. The van der Waals surface area contributed by atoms with Crippen LogP contribution in [0.3, 0.4) is 0 Å². The molecule has 3 saturated heterocycles. The molecule has 0 spiro atoms. The number of morpholine rings is 2. The molecule has 0 saturated carbocycles. The van der Waals surface area contributed by atoms with Crippen LogP contribution >= 0.6 is 0 Å². The second-order valence-corrected chi connectivity index (χ2v) is 16.0. The van der Waals surface area contributed by atoms with E-state index < -0.39 is 17.2 Å². The predicted octanol–water partition coefficient (Wildman–Crippen LogP) is 4.94. The van der Waals surface area contributed by atoms with Crippen molar-refractivity contribution < 1.29 is 37.1 Å². The summed E-state index contributed by atoms with van der Waals surface area (Å²) in [6, 6.07) is -1.03. The van der Waals surface area contributed by atoms with Gasteiger partial charge < -0.3 is 9.47 Å². The van der Waals surface area contributed by atoms with Crippen LogP contribution in [0.25, 0.3) is 0 Å². The average Bonchev–Trinajstić information content (AvgIpc) is 3.12. The molecule has 8 nitrogen and oxygen atoms in total. The smallest absolute Gasteiger partial charge is 0.368 e. The summed E-state index contributed by atoms with van der Waals surface area (Å²) in [6.45, 7) is 24.4. The first-order chi connectivity index (χ1) is 21.3. The Bertz CT molecular complexity index is 1470. The summed E-state index contributed by atoms with van der Waals surface area (Å²) in [6.07, 6.45) is 11.6. The van der Waals surface area contributed by atoms with Gasteiger partial charge in [-0.1, -0.05) is 0 Å². The lowest BCUT2D eigenvalue weighted by Crippen LogP contribution is -2.73. The van der Waals surface area contributed by atoms with Crippen molar-refractivity contribution in [1.82, 2.24) is 0 Å². The van der Waals surface area contributed by atoms with Gasteiger partial charge in [-0.2, -0.15) is 4.48 Å². The number of nitrogens with zero attached hydrogens (tertiary/aromatic N) is 4. The molecule has 0 aromatic heterocycles. The zero-order valence-corrected chi connectivity index (χ0v) is 31.0. The van der Waals surface area contributed by atoms with Gasteiger partial charge in [0, 0.05) is 29.9 Å². The van der Waals surface area contributed by atoms with E-state index in [-0.39, 0.29) is 0 Å². The second kappa shape index (κ2) is 12.2. The summed E-state index contributed by atoms with van der Waals surface area (Å²) in [5.74, 6) is 0. The fourth-order valence-corrected chi connectivity index (χ4v) is 8.27. The Labute approximate surface area is 278 Å². The summed E-state index contributed by atoms with van der Waals surface area (Å²) in [4.78, 5) is 0. The third-order valence-electron chi connectivity index (χ3n) is 10.0. The number of quaternary nitrogens is 2. The molecule has 0 radical (unpaired) electrons. The summed E-state index contributed by atoms with van der Waals surface area (Å²) in [5, 5.41) is 0. The van der Waals surface area contributed by atoms with Crippen LogP contribution in [0.4, 0.5) is 0 Å². The van der Waals surface area contributed by atoms with Gasteiger partial charge in [0.25, 0.3) is 0 Å². The molecule has 5 rings (SSSR count). The fraction of sp³-hybridized carbons (Fsp3) is 0.632. The number of ether oxygens (including phenoxy) is 4. The maximum atomic E-state index is 7.41. The van der Waals surface area contributed by atoms with Crippen molar-refractivity contribution in [3.8, 4) is 0 Å². The van der Waals surface area contributed by atoms with E-state index >= 15 is 0 Å². The molecule has 3 fully saturated rings. The average molecular weight is 637 g/mol. The van der Waals surface area contributed by atoms with Gasteiger partial charge in [0.15, 0.2) is 37.5 Å². The molecule has 46 heavy (non-hydrogen) atoms. The number of hydrogen-bond acceptors (Lipinski definition) is 4. The van der Waals surface area contributed by atoms with E-state index in [2.05, 4.69) is 130 Å². The standard InChI is InChI=1S/C38H60N4O4/c1-27-22-31(39-14-18-43-19-15-39)23-28(2)33(27)26-36(5,6)45-38(41(9,10)11)42(12,13)35(37(7,8)46-38)34-29(3)24-32(25-30(34)4)40-16-20-44-21-17-40/h22-26H,14-21H2,1-13H3/q+4. The van der Waals surface area contributed by atoms with Crippen LogP contribution in [-0.4, -0.2) is 135 Å². The Morgan fingerprint density at radius 3 is 1.59 bits per heavy atom. The Morgan fingerprint density at radius 1 is 0.761 bits per heavy atom. The first kappa shape index (κ1) is 34.9. The molecule has 1 unspecified atom stereocenters. The number of hydrogen-bond donors (Lipinski definition) is 0. The lowest BCUT2D eigenvalue weighted by molar-refractivity contribution is -1.17. The molecule has 5 aliphatic rings. The highest BCUT2D eigenvalue weighted by Crippen LogP contribution is 2.54. The summed E-state index contributed by atoms with van der Waals surface area (Å²) in [5.41, 5.74) is 10.0. The van der Waals surface area contributed by atoms with E-state index in [1.165, 1.54) is 50.6 Å². The SMILES string of the molecule is CC1=CC(=[N+]2CCOCC2)C=C(C)C1=CC(C)(C)OC1([N+](C)(C)C)OC(C)(C)C(=C2C(C)=CC(=[N+]3CCOCC3)C=C2C)[N+]1(C)C. The highest BCUT2D eigenvalue weighted by molar-refractivity contribution is 6.04. The molecule has 3 heterocycles. The Balaban J connectivity index is 1.57. The van der Waals surface area contributed by atoms with Crippen LogP contribution in [-0.2, 0) is 18.9 Å². The van der Waals surface area contributed by atoms with Crippen LogP contribution < -0.4 is 0 Å². The van der Waals surface area contributed by atoms with Crippen molar-refractivity contribution in [1.29, 1.82) is 0 Å². The lowest BCUT2D eigenvalue weighted by Gasteiger charge is -2.49. The van der Waals surface area contributed by atoms with Gasteiger partial charge in [0.05, 0.1) is 40.8 Å². The zero-order valence-electron chi connectivity index (χ0n) is 31.0. The van der Waals surface area contributed by atoms with Crippen molar-refractivity contribution in [2.45, 2.75) is 72.6 Å². The van der Waals surface area contributed by atoms with Crippen LogP contribution in [0, 0.1) is 0 Å². The van der Waals surface area contributed by atoms with Crippen molar-refractivity contribution >= 4 is 11.4 Å². The minimum absolute atomic E-state index is 0.438. The number of allylic oxidation sites excluding steroid dienone is 10. The maximum absolute atomic E-state index is 7.41. The van der Waals surface area contributed by atoms with E-state index in [0.29, 0.717) is 8.97 Å². The largest absolute Gasteiger partial charge is 0.478 e.